The molecule has 5 rings (SSSR count). The molecule has 0 unspecified atom stereocenters. The number of rotatable bonds is 5. The maximum atomic E-state index is 14.6. The Morgan fingerprint density at radius 1 is 1.14 bits per heavy atom. The number of aromatic nitrogens is 3. The normalized spacial score (nSPS) is 13.4. The number of ether oxygens (including phenoxy) is 1. The molecule has 35 heavy (non-hydrogen) atoms. The van der Waals surface area contributed by atoms with Gasteiger partial charge < -0.3 is 24.7 Å². The lowest BCUT2D eigenvalue weighted by atomic mass is 10.1. The summed E-state index contributed by atoms with van der Waals surface area (Å²) in [5.74, 6) is -0.129. The van der Waals surface area contributed by atoms with Crippen molar-refractivity contribution in [1.29, 1.82) is 0 Å². The van der Waals surface area contributed by atoms with Crippen LogP contribution in [0.4, 0.5) is 15.8 Å². The number of methoxy groups -OCH3 is 1. The number of anilines is 2. The maximum absolute atomic E-state index is 14.6. The second kappa shape index (κ2) is 8.90. The third kappa shape index (κ3) is 3.82. The molecule has 2 aromatic heterocycles. The number of amides is 1. The van der Waals surface area contributed by atoms with E-state index in [0.29, 0.717) is 10.4 Å². The molecule has 1 saturated heterocycles. The van der Waals surface area contributed by atoms with Gasteiger partial charge in [0.15, 0.2) is 0 Å². The van der Waals surface area contributed by atoms with Gasteiger partial charge in [-0.05, 0) is 50.1 Å². The van der Waals surface area contributed by atoms with Crippen LogP contribution in [0, 0.1) is 17.9 Å². The Morgan fingerprint density at radius 3 is 2.63 bits per heavy atom. The van der Waals surface area contributed by atoms with Gasteiger partial charge >= 0.3 is 5.91 Å². The molecule has 2 aromatic carbocycles. The first-order valence-electron chi connectivity index (χ1n) is 11.5. The predicted octanol–water partition coefficient (Wildman–Crippen LogP) is 4.18. The first-order valence-corrected chi connectivity index (χ1v) is 11.5. The van der Waals surface area contributed by atoms with Crippen molar-refractivity contribution in [2.24, 2.45) is 7.05 Å². The summed E-state index contributed by atoms with van der Waals surface area (Å²) in [6.07, 6.45) is 2.12. The summed E-state index contributed by atoms with van der Waals surface area (Å²) in [4.78, 5) is 20.3. The van der Waals surface area contributed by atoms with E-state index in [-0.39, 0.29) is 22.7 Å². The van der Waals surface area contributed by atoms with Gasteiger partial charge in [-0.15, -0.1) is 0 Å². The Bertz CT molecular complexity index is 1440. The van der Waals surface area contributed by atoms with Crippen LogP contribution in [0.25, 0.3) is 22.3 Å². The monoisotopic (exact) mass is 475 g/mol. The quantitative estimate of drug-likeness (QED) is 0.346. The molecule has 1 aliphatic heterocycles. The van der Waals surface area contributed by atoms with Crippen molar-refractivity contribution in [3.63, 3.8) is 0 Å². The van der Waals surface area contributed by atoms with Gasteiger partial charge in [-0.2, -0.15) is 4.73 Å². The summed E-state index contributed by atoms with van der Waals surface area (Å²) >= 11 is 0. The Labute approximate surface area is 202 Å². The van der Waals surface area contributed by atoms with Crippen LogP contribution in [0.15, 0.2) is 48.5 Å². The van der Waals surface area contributed by atoms with Gasteiger partial charge in [0.25, 0.3) is 5.69 Å². The van der Waals surface area contributed by atoms with E-state index in [9.17, 15) is 14.4 Å². The van der Waals surface area contributed by atoms with Crippen molar-refractivity contribution in [2.45, 2.75) is 19.8 Å². The molecule has 1 aliphatic rings. The molecule has 0 radical (unpaired) electrons. The lowest BCUT2D eigenvalue weighted by Gasteiger charge is -2.22. The van der Waals surface area contributed by atoms with Crippen molar-refractivity contribution >= 4 is 28.3 Å². The number of fused-ring (bicyclic) bond motifs is 1. The van der Waals surface area contributed by atoms with Crippen LogP contribution in [0.2, 0.25) is 0 Å². The Morgan fingerprint density at radius 2 is 1.89 bits per heavy atom. The second-order valence-corrected chi connectivity index (χ2v) is 8.60. The molecule has 180 valence electrons. The summed E-state index contributed by atoms with van der Waals surface area (Å²) in [7, 11) is 3.36. The van der Waals surface area contributed by atoms with Crippen molar-refractivity contribution < 1.29 is 18.7 Å². The number of pyridine rings is 1. The number of carbonyl (C=O) groups is 1. The Kier molecular flexibility index (Phi) is 5.76. The smallest absolute Gasteiger partial charge is 0.321 e. The molecular weight excluding hydrogens is 449 g/mol. The van der Waals surface area contributed by atoms with Crippen LogP contribution in [0.5, 0.6) is 5.75 Å². The third-order valence-corrected chi connectivity index (χ3v) is 6.55. The molecule has 3 heterocycles. The number of hydrogen-bond acceptors (Lipinski definition) is 5. The van der Waals surface area contributed by atoms with E-state index >= 15 is 0 Å². The molecule has 1 N–H and O–H groups in total. The summed E-state index contributed by atoms with van der Waals surface area (Å²) in [5, 5.41) is 16.1. The summed E-state index contributed by atoms with van der Waals surface area (Å²) in [5.41, 5.74) is 3.04. The SMILES string of the molecule is COc1cccc(F)c1-c1cccc(C(=O)Nc2ccc3c(nc(C)n3C)c2N2CCCC2)[n+]1[O-]. The minimum absolute atomic E-state index is 0.00258. The van der Waals surface area contributed by atoms with Crippen LogP contribution in [-0.4, -0.2) is 35.7 Å². The third-order valence-electron chi connectivity index (χ3n) is 6.55. The van der Waals surface area contributed by atoms with E-state index in [1.165, 1.54) is 31.4 Å². The van der Waals surface area contributed by atoms with Gasteiger partial charge in [-0.3, -0.25) is 4.79 Å². The molecule has 0 saturated carbocycles. The second-order valence-electron chi connectivity index (χ2n) is 8.60. The number of nitrogens with one attached hydrogen (secondary N) is 1. The maximum Gasteiger partial charge on any atom is 0.321 e. The minimum Gasteiger partial charge on any atom is -0.618 e. The molecule has 0 atom stereocenters. The van der Waals surface area contributed by atoms with E-state index in [1.807, 2.05) is 30.7 Å². The molecule has 1 fully saturated rings. The highest BCUT2D eigenvalue weighted by molar-refractivity contribution is 6.07. The van der Waals surface area contributed by atoms with Crippen molar-refractivity contribution in [3.05, 3.63) is 71.1 Å². The summed E-state index contributed by atoms with van der Waals surface area (Å²) in [6.45, 7) is 3.66. The number of hydrogen-bond donors (Lipinski definition) is 1. The average Bonchev–Trinajstić information content (AvgIpc) is 3.47. The lowest BCUT2D eigenvalue weighted by Crippen LogP contribution is -2.39. The first-order chi connectivity index (χ1) is 16.9. The molecule has 0 bridgehead atoms. The van der Waals surface area contributed by atoms with E-state index in [0.717, 1.165) is 48.5 Å². The van der Waals surface area contributed by atoms with E-state index < -0.39 is 11.7 Å². The van der Waals surface area contributed by atoms with Gasteiger partial charge in [0.05, 0.1) is 24.0 Å². The average molecular weight is 476 g/mol. The topological polar surface area (TPSA) is 86.3 Å². The van der Waals surface area contributed by atoms with Gasteiger partial charge in [0.1, 0.15) is 28.5 Å². The standard InChI is InChI=1S/C26H26FN5O3/c1-16-28-24-20(30(16)2)13-12-18(25(24)31-14-4-5-15-31)29-26(33)21-10-7-9-19(32(21)34)23-17(27)8-6-11-22(23)35-3/h6-13H,4-5,14-15H2,1-3H3,(H,29,33). The van der Waals surface area contributed by atoms with Crippen molar-refractivity contribution in [2.75, 3.05) is 30.4 Å². The largest absolute Gasteiger partial charge is 0.618 e. The molecule has 9 heteroatoms. The highest BCUT2D eigenvalue weighted by Crippen LogP contribution is 2.37. The number of nitrogens with zero attached hydrogens (tertiary/aromatic N) is 4. The fraction of sp³-hybridized carbons (Fsp3) is 0.269. The zero-order valence-corrected chi connectivity index (χ0v) is 19.8. The van der Waals surface area contributed by atoms with Crippen LogP contribution in [0.1, 0.15) is 29.2 Å². The number of carbonyl (C=O) groups excluding carboxylic acids is 1. The molecule has 8 nitrogen and oxygen atoms in total. The number of aryl methyl sites for hydroxylation is 2. The van der Waals surface area contributed by atoms with Gasteiger partial charge in [0, 0.05) is 32.3 Å². The molecular formula is C26H26FN5O3. The summed E-state index contributed by atoms with van der Waals surface area (Å²) in [6, 6.07) is 12.5. The fourth-order valence-corrected chi connectivity index (χ4v) is 4.68. The van der Waals surface area contributed by atoms with Crippen LogP contribution >= 0.6 is 0 Å². The van der Waals surface area contributed by atoms with Gasteiger partial charge in [-0.25, -0.2) is 9.37 Å². The molecule has 0 spiro atoms. The van der Waals surface area contributed by atoms with Gasteiger partial charge in [0.2, 0.25) is 5.69 Å². The Balaban J connectivity index is 1.57. The number of halogens is 1. The zero-order chi connectivity index (χ0) is 24.7. The first kappa shape index (κ1) is 22.6. The van der Waals surface area contributed by atoms with E-state index in [2.05, 4.69) is 10.2 Å². The number of imidazole rings is 1. The number of benzene rings is 2. The molecule has 0 aliphatic carbocycles. The highest BCUT2D eigenvalue weighted by atomic mass is 19.1. The highest BCUT2D eigenvalue weighted by Gasteiger charge is 2.27. The van der Waals surface area contributed by atoms with Crippen molar-refractivity contribution in [1.82, 2.24) is 9.55 Å². The van der Waals surface area contributed by atoms with Gasteiger partial charge in [-0.1, -0.05) is 6.07 Å². The summed E-state index contributed by atoms with van der Waals surface area (Å²) < 4.78 is 22.3. The van der Waals surface area contributed by atoms with Crippen molar-refractivity contribution in [3.8, 4) is 17.0 Å². The predicted molar refractivity (Wildman–Crippen MR) is 132 cm³/mol. The van der Waals surface area contributed by atoms with E-state index in [4.69, 9.17) is 9.72 Å². The molecule has 1 amide bonds. The lowest BCUT2D eigenvalue weighted by molar-refractivity contribution is -0.596. The van der Waals surface area contributed by atoms with E-state index in [1.54, 1.807) is 12.1 Å². The van der Waals surface area contributed by atoms with Crippen LogP contribution in [0.3, 0.4) is 0 Å². The Hall–Kier alpha value is -4.14. The zero-order valence-electron chi connectivity index (χ0n) is 19.8. The fourth-order valence-electron chi connectivity index (χ4n) is 4.68. The molecule has 4 aromatic rings. The van der Waals surface area contributed by atoms with Crippen LogP contribution < -0.4 is 19.7 Å². The van der Waals surface area contributed by atoms with Crippen LogP contribution in [-0.2, 0) is 7.05 Å². The minimum atomic E-state index is -0.612.